The second-order valence-corrected chi connectivity index (χ2v) is 2.95. The Hall–Kier alpha value is -0.630. The predicted molar refractivity (Wildman–Crippen MR) is 42.6 cm³/mol. The van der Waals surface area contributed by atoms with Crippen molar-refractivity contribution in [2.75, 3.05) is 0 Å². The van der Waals surface area contributed by atoms with Crippen LogP contribution in [0.1, 0.15) is 11.3 Å². The Labute approximate surface area is 64.7 Å². The third kappa shape index (κ3) is 2.31. The van der Waals surface area contributed by atoms with Gasteiger partial charge < -0.3 is 0 Å². The number of unbranched alkanes of at least 4 members (excludes halogenated alkanes) is 1. The summed E-state index contributed by atoms with van der Waals surface area (Å²) in [6, 6.07) is 4.07. The van der Waals surface area contributed by atoms with E-state index in [9.17, 15) is 4.79 Å². The van der Waals surface area contributed by atoms with Crippen LogP contribution < -0.4 is 0 Å². The number of rotatable bonds is 4. The molecule has 1 nitrogen and oxygen atoms in total. The third-order valence-electron chi connectivity index (χ3n) is 1.15. The molecule has 0 aliphatic carbocycles. The summed E-state index contributed by atoms with van der Waals surface area (Å²) in [6.07, 6.45) is 5.10. The lowest BCUT2D eigenvalue weighted by Crippen LogP contribution is -1.81. The van der Waals surface area contributed by atoms with Crippen molar-refractivity contribution in [1.82, 2.24) is 0 Å². The smallest absolute Gasteiger partial charge is 0.198 e. The lowest BCUT2D eigenvalue weighted by atomic mass is 10.2. The fraction of sp³-hybridized carbons (Fsp3) is 0.250. The van der Waals surface area contributed by atoms with E-state index in [1.165, 1.54) is 4.88 Å². The highest BCUT2D eigenvalue weighted by Gasteiger charge is 1.92. The van der Waals surface area contributed by atoms with Gasteiger partial charge in [0.05, 0.1) is 0 Å². The number of hydrogen-bond donors (Lipinski definition) is 0. The summed E-state index contributed by atoms with van der Waals surface area (Å²) in [4.78, 5) is 11.1. The molecule has 0 aliphatic heterocycles. The van der Waals surface area contributed by atoms with Gasteiger partial charge in [0.2, 0.25) is 0 Å². The van der Waals surface area contributed by atoms with Crippen LogP contribution in [0.5, 0.6) is 0 Å². The molecule has 1 heterocycles. The summed E-state index contributed by atoms with van der Waals surface area (Å²) < 4.78 is 0. The topological polar surface area (TPSA) is 17.1 Å². The second kappa shape index (κ2) is 4.23. The molecule has 10 heavy (non-hydrogen) atoms. The fourth-order valence-electron chi connectivity index (χ4n) is 0.702. The van der Waals surface area contributed by atoms with Crippen molar-refractivity contribution >= 4 is 17.6 Å². The van der Waals surface area contributed by atoms with E-state index in [0.29, 0.717) is 6.42 Å². The lowest BCUT2D eigenvalue weighted by Gasteiger charge is -1.89. The highest BCUT2D eigenvalue weighted by Crippen LogP contribution is 2.10. The highest BCUT2D eigenvalue weighted by molar-refractivity contribution is 7.09. The maximum atomic E-state index is 9.78. The van der Waals surface area contributed by atoms with Crippen LogP contribution in [0.4, 0.5) is 0 Å². The molecule has 0 amide bonds. The minimum Gasteiger partial charge on any atom is -0.291 e. The molecule has 52 valence electrons. The maximum Gasteiger partial charge on any atom is 0.198 e. The standard InChI is InChI=1S/C8H8OS/c9-6-2-1-4-8-5-3-7-10-8/h1,3,5,7H,2,4H2. The molecule has 0 aromatic carbocycles. The Balaban J connectivity index is 2.21. The summed E-state index contributed by atoms with van der Waals surface area (Å²) in [6.45, 7) is 0. The summed E-state index contributed by atoms with van der Waals surface area (Å²) in [5.41, 5.74) is 0. The molecular weight excluding hydrogens is 144 g/mol. The van der Waals surface area contributed by atoms with Gasteiger partial charge >= 0.3 is 0 Å². The van der Waals surface area contributed by atoms with Crippen molar-refractivity contribution in [1.29, 1.82) is 0 Å². The lowest BCUT2D eigenvalue weighted by molar-refractivity contribution is 0.554. The molecule has 0 atom stereocenters. The molecule has 1 rings (SSSR count). The van der Waals surface area contributed by atoms with Gasteiger partial charge in [0.15, 0.2) is 6.29 Å². The van der Waals surface area contributed by atoms with E-state index in [1.807, 2.05) is 24.2 Å². The molecule has 2 heteroatoms. The second-order valence-electron chi connectivity index (χ2n) is 1.92. The normalized spacial score (nSPS) is 9.60. The van der Waals surface area contributed by atoms with Gasteiger partial charge in [0, 0.05) is 11.3 Å². The molecule has 1 aromatic heterocycles. The van der Waals surface area contributed by atoms with Gasteiger partial charge in [-0.3, -0.25) is 4.79 Å². The molecule has 1 aromatic rings. The Morgan fingerprint density at radius 3 is 3.20 bits per heavy atom. The van der Waals surface area contributed by atoms with E-state index in [2.05, 4.69) is 6.07 Å². The van der Waals surface area contributed by atoms with Gasteiger partial charge in [0.25, 0.3) is 0 Å². The first-order valence-corrected chi connectivity index (χ1v) is 4.00. The van der Waals surface area contributed by atoms with Gasteiger partial charge in [-0.2, -0.15) is 0 Å². The van der Waals surface area contributed by atoms with Crippen LogP contribution in [-0.2, 0) is 11.2 Å². The van der Waals surface area contributed by atoms with Crippen molar-refractivity contribution in [3.8, 4) is 0 Å². The minimum absolute atomic E-state index is 0.442. The SMILES string of the molecule is O=[C]C[CH]Cc1cccs1. The largest absolute Gasteiger partial charge is 0.291 e. The highest BCUT2D eigenvalue weighted by atomic mass is 32.1. The van der Waals surface area contributed by atoms with Gasteiger partial charge in [-0.05, 0) is 24.3 Å². The Morgan fingerprint density at radius 1 is 1.70 bits per heavy atom. The van der Waals surface area contributed by atoms with Crippen LogP contribution in [0, 0.1) is 6.42 Å². The van der Waals surface area contributed by atoms with Gasteiger partial charge in [-0.15, -0.1) is 11.3 Å². The van der Waals surface area contributed by atoms with Crippen molar-refractivity contribution in [3.05, 3.63) is 28.8 Å². The zero-order valence-corrected chi connectivity index (χ0v) is 6.36. The zero-order chi connectivity index (χ0) is 7.23. The van der Waals surface area contributed by atoms with Crippen LogP contribution in [-0.4, -0.2) is 6.29 Å². The Bertz CT molecular complexity index is 179. The summed E-state index contributed by atoms with van der Waals surface area (Å²) in [5, 5.41) is 2.04. The quantitative estimate of drug-likeness (QED) is 0.603. The molecule has 0 N–H and O–H groups in total. The molecule has 0 fully saturated rings. The predicted octanol–water partition coefficient (Wildman–Crippen LogP) is 1.99. The number of carbonyl (C=O) groups excluding carboxylic acids is 1. The number of hydrogen-bond acceptors (Lipinski definition) is 2. The van der Waals surface area contributed by atoms with Gasteiger partial charge in [-0.1, -0.05) is 6.07 Å². The summed E-state index contributed by atoms with van der Waals surface area (Å²) in [5.74, 6) is 0. The molecule has 0 bridgehead atoms. The fourth-order valence-corrected chi connectivity index (χ4v) is 1.41. The summed E-state index contributed by atoms with van der Waals surface area (Å²) in [7, 11) is 0. The maximum absolute atomic E-state index is 9.78. The van der Waals surface area contributed by atoms with Crippen molar-refractivity contribution in [2.24, 2.45) is 0 Å². The van der Waals surface area contributed by atoms with Crippen LogP contribution >= 0.6 is 11.3 Å². The first-order chi connectivity index (χ1) is 4.93. The average Bonchev–Trinajstić information content (AvgIpc) is 2.41. The molecule has 0 spiro atoms. The van der Waals surface area contributed by atoms with E-state index in [0.717, 1.165) is 6.42 Å². The van der Waals surface area contributed by atoms with E-state index in [-0.39, 0.29) is 0 Å². The van der Waals surface area contributed by atoms with Gasteiger partial charge in [-0.25, -0.2) is 0 Å². The van der Waals surface area contributed by atoms with Gasteiger partial charge in [0.1, 0.15) is 0 Å². The third-order valence-corrected chi connectivity index (χ3v) is 2.05. The van der Waals surface area contributed by atoms with Crippen LogP contribution in [0.2, 0.25) is 0 Å². The van der Waals surface area contributed by atoms with Crippen LogP contribution in [0.3, 0.4) is 0 Å². The zero-order valence-electron chi connectivity index (χ0n) is 5.54. The first kappa shape index (κ1) is 7.48. The summed E-state index contributed by atoms with van der Waals surface area (Å²) >= 11 is 1.71. The van der Waals surface area contributed by atoms with Crippen molar-refractivity contribution < 1.29 is 4.79 Å². The number of thiophene rings is 1. The molecule has 2 radical (unpaired) electrons. The molecule has 0 unspecified atom stereocenters. The monoisotopic (exact) mass is 152 g/mol. The first-order valence-electron chi connectivity index (χ1n) is 3.12. The van der Waals surface area contributed by atoms with Crippen molar-refractivity contribution in [3.63, 3.8) is 0 Å². The molecule has 0 saturated carbocycles. The average molecular weight is 152 g/mol. The molecular formula is C8H8OS. The Morgan fingerprint density at radius 2 is 2.60 bits per heavy atom. The van der Waals surface area contributed by atoms with E-state index in [4.69, 9.17) is 0 Å². The van der Waals surface area contributed by atoms with Crippen LogP contribution in [0.15, 0.2) is 17.5 Å². The minimum atomic E-state index is 0.442. The van der Waals surface area contributed by atoms with E-state index >= 15 is 0 Å². The van der Waals surface area contributed by atoms with E-state index in [1.54, 1.807) is 11.3 Å². The molecule has 0 saturated heterocycles. The van der Waals surface area contributed by atoms with Crippen molar-refractivity contribution in [2.45, 2.75) is 12.8 Å². The molecule has 0 aliphatic rings. The Kier molecular flexibility index (Phi) is 3.16. The van der Waals surface area contributed by atoms with Crippen LogP contribution in [0.25, 0.3) is 0 Å². The van der Waals surface area contributed by atoms with E-state index < -0.39 is 0 Å².